The summed E-state index contributed by atoms with van der Waals surface area (Å²) in [6.45, 7) is 3.75. The second kappa shape index (κ2) is 5.69. The summed E-state index contributed by atoms with van der Waals surface area (Å²) >= 11 is 0. The van der Waals surface area contributed by atoms with Crippen molar-refractivity contribution in [2.45, 2.75) is 6.54 Å². The Kier molecular flexibility index (Phi) is 3.75. The molecule has 0 bridgehead atoms. The number of amides is 1. The van der Waals surface area contributed by atoms with Gasteiger partial charge < -0.3 is 14.4 Å². The predicted octanol–water partition coefficient (Wildman–Crippen LogP) is 1.23. The van der Waals surface area contributed by atoms with Crippen LogP contribution in [0.25, 0.3) is 10.9 Å². The Morgan fingerprint density at radius 2 is 1.95 bits per heavy atom. The van der Waals surface area contributed by atoms with Gasteiger partial charge in [-0.1, -0.05) is 12.1 Å². The number of aromatic nitrogens is 1. The maximum Gasteiger partial charge on any atom is 0.242 e. The number of piperazine rings is 1. The van der Waals surface area contributed by atoms with Gasteiger partial charge in [-0.25, -0.2) is 0 Å². The first-order valence-electron chi connectivity index (χ1n) is 7.18. The lowest BCUT2D eigenvalue weighted by Crippen LogP contribution is -2.48. The zero-order valence-corrected chi connectivity index (χ0v) is 12.2. The number of rotatable bonds is 3. The minimum absolute atomic E-state index is 0.136. The van der Waals surface area contributed by atoms with Gasteiger partial charge in [-0.05, 0) is 24.6 Å². The number of aldehydes is 1. The van der Waals surface area contributed by atoms with Gasteiger partial charge in [-0.2, -0.15) is 0 Å². The number of fused-ring (bicyclic) bond motifs is 1. The summed E-state index contributed by atoms with van der Waals surface area (Å²) in [6, 6.07) is 7.51. The van der Waals surface area contributed by atoms with Gasteiger partial charge >= 0.3 is 0 Å². The third kappa shape index (κ3) is 2.83. The van der Waals surface area contributed by atoms with E-state index in [0.29, 0.717) is 12.1 Å². The highest BCUT2D eigenvalue weighted by Gasteiger charge is 2.19. The highest BCUT2D eigenvalue weighted by Crippen LogP contribution is 2.17. The summed E-state index contributed by atoms with van der Waals surface area (Å²) in [6.07, 6.45) is 2.74. The largest absolute Gasteiger partial charge is 0.339 e. The molecule has 0 saturated carbocycles. The zero-order valence-electron chi connectivity index (χ0n) is 12.2. The molecule has 5 heteroatoms. The Morgan fingerprint density at radius 1 is 1.19 bits per heavy atom. The monoisotopic (exact) mass is 285 g/mol. The summed E-state index contributed by atoms with van der Waals surface area (Å²) in [5, 5.41) is 1.05. The standard InChI is InChI=1S/C16H19N3O2/c1-17-6-8-18(9-7-17)16(21)11-19-5-4-14-3-2-13(12-20)10-15(14)19/h2-5,10,12H,6-9,11H2,1H3. The first-order valence-corrected chi connectivity index (χ1v) is 7.18. The van der Waals surface area contributed by atoms with E-state index in [0.717, 1.165) is 43.4 Å². The van der Waals surface area contributed by atoms with Crippen LogP contribution >= 0.6 is 0 Å². The molecule has 1 aromatic carbocycles. The molecule has 1 aromatic heterocycles. The molecule has 0 unspecified atom stereocenters. The molecule has 110 valence electrons. The quantitative estimate of drug-likeness (QED) is 0.797. The fraction of sp³-hybridized carbons (Fsp3) is 0.375. The first kappa shape index (κ1) is 13.8. The maximum atomic E-state index is 12.4. The minimum atomic E-state index is 0.136. The number of benzene rings is 1. The zero-order chi connectivity index (χ0) is 14.8. The van der Waals surface area contributed by atoms with Gasteiger partial charge in [0, 0.05) is 43.5 Å². The van der Waals surface area contributed by atoms with Gasteiger partial charge in [0.25, 0.3) is 0 Å². The molecular formula is C16H19N3O2. The van der Waals surface area contributed by atoms with E-state index in [-0.39, 0.29) is 5.91 Å². The Bertz CT molecular complexity index is 669. The Hall–Kier alpha value is -2.14. The lowest BCUT2D eigenvalue weighted by atomic mass is 10.2. The molecule has 0 atom stereocenters. The van der Waals surface area contributed by atoms with Gasteiger partial charge in [0.2, 0.25) is 5.91 Å². The van der Waals surface area contributed by atoms with Crippen molar-refractivity contribution < 1.29 is 9.59 Å². The van der Waals surface area contributed by atoms with Gasteiger partial charge in [0.05, 0.1) is 0 Å². The van der Waals surface area contributed by atoms with Crippen LogP contribution in [0.1, 0.15) is 10.4 Å². The molecule has 1 amide bonds. The van der Waals surface area contributed by atoms with Crippen LogP contribution < -0.4 is 0 Å². The third-order valence-corrected chi connectivity index (χ3v) is 4.10. The molecule has 1 aliphatic heterocycles. The van der Waals surface area contributed by atoms with Gasteiger partial charge in [0.1, 0.15) is 12.8 Å². The van der Waals surface area contributed by atoms with Crippen molar-refractivity contribution in [3.8, 4) is 0 Å². The Balaban J connectivity index is 1.78. The smallest absolute Gasteiger partial charge is 0.242 e. The van der Waals surface area contributed by atoms with E-state index in [4.69, 9.17) is 0 Å². The number of carbonyl (C=O) groups excluding carboxylic acids is 2. The highest BCUT2D eigenvalue weighted by atomic mass is 16.2. The normalized spacial score (nSPS) is 16.3. The average molecular weight is 285 g/mol. The van der Waals surface area contributed by atoms with Crippen LogP contribution in [-0.4, -0.2) is 59.8 Å². The van der Waals surface area contributed by atoms with Crippen LogP contribution in [0.15, 0.2) is 30.5 Å². The van der Waals surface area contributed by atoms with E-state index < -0.39 is 0 Å². The fourth-order valence-electron chi connectivity index (χ4n) is 2.71. The Morgan fingerprint density at radius 3 is 2.67 bits per heavy atom. The number of likely N-dealkylation sites (N-methyl/N-ethyl adjacent to an activating group) is 1. The van der Waals surface area contributed by atoms with Crippen molar-refractivity contribution in [2.75, 3.05) is 33.2 Å². The summed E-state index contributed by atoms with van der Waals surface area (Å²) < 4.78 is 1.92. The number of nitrogens with zero attached hydrogens (tertiary/aromatic N) is 3. The molecule has 21 heavy (non-hydrogen) atoms. The molecule has 1 saturated heterocycles. The molecule has 2 aromatic rings. The van der Waals surface area contributed by atoms with Gasteiger partial charge in [-0.15, -0.1) is 0 Å². The molecular weight excluding hydrogens is 266 g/mol. The van der Waals surface area contributed by atoms with E-state index in [1.54, 1.807) is 6.07 Å². The van der Waals surface area contributed by atoms with Crippen molar-refractivity contribution in [3.05, 3.63) is 36.0 Å². The summed E-state index contributed by atoms with van der Waals surface area (Å²) in [4.78, 5) is 27.4. The first-order chi connectivity index (χ1) is 10.2. The molecule has 0 spiro atoms. The fourth-order valence-corrected chi connectivity index (χ4v) is 2.71. The van der Waals surface area contributed by atoms with Crippen LogP contribution in [0.5, 0.6) is 0 Å². The van der Waals surface area contributed by atoms with E-state index in [9.17, 15) is 9.59 Å². The van der Waals surface area contributed by atoms with Crippen molar-refractivity contribution in [3.63, 3.8) is 0 Å². The molecule has 1 fully saturated rings. The maximum absolute atomic E-state index is 12.4. The molecule has 0 N–H and O–H groups in total. The summed E-state index contributed by atoms with van der Waals surface area (Å²) in [7, 11) is 2.07. The van der Waals surface area contributed by atoms with Crippen LogP contribution in [0.4, 0.5) is 0 Å². The van der Waals surface area contributed by atoms with Gasteiger partial charge in [-0.3, -0.25) is 9.59 Å². The second-order valence-corrected chi connectivity index (χ2v) is 5.56. The highest BCUT2D eigenvalue weighted by molar-refractivity contribution is 5.88. The lowest BCUT2D eigenvalue weighted by Gasteiger charge is -2.32. The van der Waals surface area contributed by atoms with Crippen molar-refractivity contribution in [1.82, 2.24) is 14.4 Å². The molecule has 0 radical (unpaired) electrons. The summed E-state index contributed by atoms with van der Waals surface area (Å²) in [5.74, 6) is 0.136. The molecule has 0 aliphatic carbocycles. The molecule has 5 nitrogen and oxygen atoms in total. The molecule has 3 rings (SSSR count). The second-order valence-electron chi connectivity index (χ2n) is 5.56. The van der Waals surface area contributed by atoms with Crippen molar-refractivity contribution in [2.24, 2.45) is 0 Å². The number of hydrogen-bond acceptors (Lipinski definition) is 3. The van der Waals surface area contributed by atoms with Crippen LogP contribution in [-0.2, 0) is 11.3 Å². The van der Waals surface area contributed by atoms with Crippen LogP contribution in [0, 0.1) is 0 Å². The van der Waals surface area contributed by atoms with Crippen LogP contribution in [0.2, 0.25) is 0 Å². The van der Waals surface area contributed by atoms with E-state index in [1.165, 1.54) is 0 Å². The Labute approximate surface area is 123 Å². The van der Waals surface area contributed by atoms with Crippen LogP contribution in [0.3, 0.4) is 0 Å². The topological polar surface area (TPSA) is 45.5 Å². The van der Waals surface area contributed by atoms with E-state index in [1.807, 2.05) is 33.9 Å². The third-order valence-electron chi connectivity index (χ3n) is 4.10. The molecule has 2 heterocycles. The average Bonchev–Trinajstić information content (AvgIpc) is 2.90. The van der Waals surface area contributed by atoms with Gasteiger partial charge in [0.15, 0.2) is 0 Å². The predicted molar refractivity (Wildman–Crippen MR) is 81.4 cm³/mol. The lowest BCUT2D eigenvalue weighted by molar-refractivity contribution is -0.133. The molecule has 1 aliphatic rings. The number of carbonyl (C=O) groups is 2. The number of hydrogen-bond donors (Lipinski definition) is 0. The summed E-state index contributed by atoms with van der Waals surface area (Å²) in [5.41, 5.74) is 1.57. The van der Waals surface area contributed by atoms with Crippen molar-refractivity contribution in [1.29, 1.82) is 0 Å². The van der Waals surface area contributed by atoms with Crippen molar-refractivity contribution >= 4 is 23.1 Å². The minimum Gasteiger partial charge on any atom is -0.339 e. The SMILES string of the molecule is CN1CCN(C(=O)Cn2ccc3ccc(C=O)cc32)CC1. The van der Waals surface area contributed by atoms with E-state index in [2.05, 4.69) is 11.9 Å². The van der Waals surface area contributed by atoms with E-state index >= 15 is 0 Å².